The summed E-state index contributed by atoms with van der Waals surface area (Å²) >= 11 is 0. The lowest BCUT2D eigenvalue weighted by molar-refractivity contribution is 0.00578. The van der Waals surface area contributed by atoms with Gasteiger partial charge in [-0.15, -0.1) is 0 Å². The average molecular weight is 398 g/mol. The van der Waals surface area contributed by atoms with Gasteiger partial charge in [0.05, 0.1) is 11.2 Å². The van der Waals surface area contributed by atoms with Crippen molar-refractivity contribution < 1.29 is 18.8 Å². The third kappa shape index (κ3) is 5.03. The Morgan fingerprint density at radius 2 is 1.83 bits per heavy atom. The standard InChI is InChI=1S/C22H31BN2O4/c1-20(2,3)27-19(26)25-14-17(23-28-21(4,5)22(6,7)29-23)12-15-8-9-16-10-11-24-18(16)13-15/h8-13,24H,14H2,1-7H3,(H,25,26). The lowest BCUT2D eigenvalue weighted by Gasteiger charge is -2.32. The average Bonchev–Trinajstić information content (AvgIpc) is 3.11. The van der Waals surface area contributed by atoms with Crippen LogP contribution in [-0.2, 0) is 14.0 Å². The van der Waals surface area contributed by atoms with E-state index in [-0.39, 0.29) is 6.54 Å². The van der Waals surface area contributed by atoms with Crippen LogP contribution >= 0.6 is 0 Å². The van der Waals surface area contributed by atoms with Gasteiger partial charge in [0.15, 0.2) is 0 Å². The summed E-state index contributed by atoms with van der Waals surface area (Å²) in [6.07, 6.45) is 3.44. The number of nitrogens with one attached hydrogen (secondary N) is 2. The van der Waals surface area contributed by atoms with E-state index < -0.39 is 30.0 Å². The fourth-order valence-electron chi connectivity index (χ4n) is 3.05. The Balaban J connectivity index is 1.86. The van der Waals surface area contributed by atoms with E-state index in [0.717, 1.165) is 21.9 Å². The van der Waals surface area contributed by atoms with Crippen LogP contribution in [0, 0.1) is 0 Å². The Labute approximate surface area is 173 Å². The highest BCUT2D eigenvalue weighted by atomic mass is 16.7. The van der Waals surface area contributed by atoms with Gasteiger partial charge in [0.1, 0.15) is 5.60 Å². The molecule has 0 unspecified atom stereocenters. The van der Waals surface area contributed by atoms with Crippen LogP contribution in [0.15, 0.2) is 35.9 Å². The Bertz CT molecular complexity index is 908. The first kappa shape index (κ1) is 21.5. The Kier molecular flexibility index (Phi) is 5.58. The topological polar surface area (TPSA) is 72.6 Å². The van der Waals surface area contributed by atoms with Gasteiger partial charge in [0.2, 0.25) is 0 Å². The zero-order valence-corrected chi connectivity index (χ0v) is 18.4. The number of hydrogen-bond donors (Lipinski definition) is 2. The van der Waals surface area contributed by atoms with Crippen LogP contribution in [-0.4, -0.2) is 41.5 Å². The van der Waals surface area contributed by atoms with E-state index in [1.165, 1.54) is 0 Å². The second-order valence-electron chi connectivity index (χ2n) is 9.49. The molecule has 7 heteroatoms. The van der Waals surface area contributed by atoms with Gasteiger partial charge < -0.3 is 24.3 Å². The molecule has 1 aromatic heterocycles. The molecule has 2 N–H and O–H groups in total. The molecule has 29 heavy (non-hydrogen) atoms. The molecule has 6 nitrogen and oxygen atoms in total. The Hall–Kier alpha value is -2.25. The number of H-pyrrole nitrogens is 1. The van der Waals surface area contributed by atoms with Crippen LogP contribution in [0.1, 0.15) is 54.0 Å². The van der Waals surface area contributed by atoms with Crippen molar-refractivity contribution in [3.8, 4) is 0 Å². The van der Waals surface area contributed by atoms with Crippen LogP contribution in [0.5, 0.6) is 0 Å². The molecule has 1 fully saturated rings. The molecule has 0 aliphatic carbocycles. The first-order valence-corrected chi connectivity index (χ1v) is 9.96. The van der Waals surface area contributed by atoms with Crippen molar-refractivity contribution in [3.63, 3.8) is 0 Å². The quantitative estimate of drug-likeness (QED) is 0.732. The molecular weight excluding hydrogens is 367 g/mol. The molecule has 1 aliphatic heterocycles. The van der Waals surface area contributed by atoms with E-state index in [1.54, 1.807) is 0 Å². The van der Waals surface area contributed by atoms with Gasteiger partial charge in [-0.25, -0.2) is 4.79 Å². The lowest BCUT2D eigenvalue weighted by Crippen LogP contribution is -2.41. The molecule has 1 aromatic carbocycles. The molecule has 2 heterocycles. The third-order valence-electron chi connectivity index (χ3n) is 5.32. The van der Waals surface area contributed by atoms with Crippen molar-refractivity contribution in [1.29, 1.82) is 0 Å². The minimum Gasteiger partial charge on any atom is -0.444 e. The number of hydrogen-bond acceptors (Lipinski definition) is 4. The van der Waals surface area contributed by atoms with Crippen molar-refractivity contribution in [3.05, 3.63) is 41.5 Å². The molecule has 0 spiro atoms. The number of aromatic amines is 1. The number of fused-ring (bicyclic) bond motifs is 1. The fraction of sp³-hybridized carbons (Fsp3) is 0.500. The summed E-state index contributed by atoms with van der Waals surface area (Å²) in [6.45, 7) is 13.8. The van der Waals surface area contributed by atoms with Crippen LogP contribution in [0.25, 0.3) is 17.0 Å². The van der Waals surface area contributed by atoms with Crippen molar-refractivity contribution >= 4 is 30.2 Å². The number of carbonyl (C=O) groups is 1. The maximum absolute atomic E-state index is 12.2. The predicted molar refractivity (Wildman–Crippen MR) is 117 cm³/mol. The number of benzene rings is 1. The van der Waals surface area contributed by atoms with Crippen molar-refractivity contribution in [2.45, 2.75) is 65.3 Å². The molecule has 2 aromatic rings. The zero-order valence-electron chi connectivity index (χ0n) is 18.4. The third-order valence-corrected chi connectivity index (χ3v) is 5.32. The van der Waals surface area contributed by atoms with E-state index in [2.05, 4.69) is 22.4 Å². The lowest BCUT2D eigenvalue weighted by atomic mass is 9.77. The van der Waals surface area contributed by atoms with Crippen LogP contribution in [0.2, 0.25) is 0 Å². The van der Waals surface area contributed by atoms with Gasteiger partial charge in [0, 0.05) is 18.3 Å². The molecule has 0 bridgehead atoms. The molecule has 1 amide bonds. The highest BCUT2D eigenvalue weighted by molar-refractivity contribution is 6.56. The number of amides is 1. The number of carbonyl (C=O) groups excluding carboxylic acids is 1. The minimum absolute atomic E-state index is 0.258. The van der Waals surface area contributed by atoms with Gasteiger partial charge in [-0.2, -0.15) is 0 Å². The van der Waals surface area contributed by atoms with Gasteiger partial charge >= 0.3 is 13.2 Å². The summed E-state index contributed by atoms with van der Waals surface area (Å²) in [5, 5.41) is 3.97. The van der Waals surface area contributed by atoms with Crippen molar-refractivity contribution in [1.82, 2.24) is 10.3 Å². The summed E-state index contributed by atoms with van der Waals surface area (Å²) in [7, 11) is -0.561. The molecule has 0 atom stereocenters. The number of aromatic nitrogens is 1. The SMILES string of the molecule is CC(C)(C)OC(=O)NCC(=Cc1ccc2cc[nH]c2c1)B1OC(C)(C)C(C)(C)O1. The van der Waals surface area contributed by atoms with Crippen LogP contribution in [0.4, 0.5) is 4.79 Å². The monoisotopic (exact) mass is 398 g/mol. The van der Waals surface area contributed by atoms with Crippen molar-refractivity contribution in [2.75, 3.05) is 6.54 Å². The van der Waals surface area contributed by atoms with Gasteiger partial charge in [-0.05, 0) is 77.0 Å². The summed E-state index contributed by atoms with van der Waals surface area (Å²) in [4.78, 5) is 15.4. The van der Waals surface area contributed by atoms with E-state index >= 15 is 0 Å². The predicted octanol–water partition coefficient (Wildman–Crippen LogP) is 4.71. The normalized spacial score (nSPS) is 18.9. The maximum Gasteiger partial charge on any atom is 0.492 e. The highest BCUT2D eigenvalue weighted by Crippen LogP contribution is 2.38. The first-order valence-electron chi connectivity index (χ1n) is 9.96. The van der Waals surface area contributed by atoms with Crippen LogP contribution < -0.4 is 5.32 Å². The first-order chi connectivity index (χ1) is 13.4. The molecule has 1 aliphatic rings. The smallest absolute Gasteiger partial charge is 0.444 e. The maximum atomic E-state index is 12.2. The summed E-state index contributed by atoms with van der Waals surface area (Å²) in [5.41, 5.74) is 1.37. The number of rotatable bonds is 4. The van der Waals surface area contributed by atoms with Crippen LogP contribution in [0.3, 0.4) is 0 Å². The fourth-order valence-corrected chi connectivity index (χ4v) is 3.05. The zero-order chi connectivity index (χ0) is 21.4. The van der Waals surface area contributed by atoms with Gasteiger partial charge in [-0.1, -0.05) is 18.2 Å². The minimum atomic E-state index is -0.561. The van der Waals surface area contributed by atoms with Crippen molar-refractivity contribution in [2.24, 2.45) is 0 Å². The van der Waals surface area contributed by atoms with E-state index in [1.807, 2.05) is 72.9 Å². The second-order valence-corrected chi connectivity index (χ2v) is 9.49. The largest absolute Gasteiger partial charge is 0.492 e. The molecule has 0 radical (unpaired) electrons. The molecule has 1 saturated heterocycles. The Morgan fingerprint density at radius 3 is 2.45 bits per heavy atom. The summed E-state index contributed by atoms with van der Waals surface area (Å²) in [6, 6.07) is 8.19. The van der Waals surface area contributed by atoms with Gasteiger partial charge in [0.25, 0.3) is 0 Å². The highest BCUT2D eigenvalue weighted by Gasteiger charge is 2.52. The molecule has 0 saturated carbocycles. The second kappa shape index (κ2) is 7.54. The van der Waals surface area contributed by atoms with E-state index in [0.29, 0.717) is 0 Å². The molecule has 3 rings (SSSR count). The Morgan fingerprint density at radius 1 is 1.17 bits per heavy atom. The van der Waals surface area contributed by atoms with Gasteiger partial charge in [-0.3, -0.25) is 0 Å². The van der Waals surface area contributed by atoms with E-state index in [4.69, 9.17) is 14.0 Å². The number of alkyl carbamates (subject to hydrolysis) is 1. The van der Waals surface area contributed by atoms with E-state index in [9.17, 15) is 4.79 Å². The number of ether oxygens (including phenoxy) is 1. The summed E-state index contributed by atoms with van der Waals surface area (Å²) < 4.78 is 17.8. The molecule has 156 valence electrons. The summed E-state index contributed by atoms with van der Waals surface area (Å²) in [5.74, 6) is 0. The molecular formula is C22H31BN2O4.